The van der Waals surface area contributed by atoms with Gasteiger partial charge in [-0.1, -0.05) is 27.2 Å². The van der Waals surface area contributed by atoms with Crippen LogP contribution in [-0.4, -0.2) is 12.5 Å². The maximum absolute atomic E-state index is 11.2. The van der Waals surface area contributed by atoms with E-state index >= 15 is 0 Å². The second kappa shape index (κ2) is 6.20. The third kappa shape index (κ3) is 4.82. The molecular weight excluding hydrogens is 138 g/mol. The monoisotopic (exact) mass is 157 g/mol. The molecule has 0 spiro atoms. The van der Waals surface area contributed by atoms with Gasteiger partial charge in [0, 0.05) is 12.5 Å². The fraction of sp³-hybridized carbons (Fsp3) is 0.889. The second-order valence-electron chi connectivity index (χ2n) is 2.98. The molecular formula is C9H19NO. The third-order valence-electron chi connectivity index (χ3n) is 1.72. The Labute approximate surface area is 69.4 Å². The Hall–Kier alpha value is -0.530. The first-order chi connectivity index (χ1) is 5.22. The molecule has 0 bridgehead atoms. The third-order valence-corrected chi connectivity index (χ3v) is 1.72. The lowest BCUT2D eigenvalue weighted by Crippen LogP contribution is -2.29. The Bertz CT molecular complexity index is 112. The van der Waals surface area contributed by atoms with E-state index < -0.39 is 0 Å². The summed E-state index contributed by atoms with van der Waals surface area (Å²) in [6, 6.07) is 0. The molecule has 0 saturated heterocycles. The molecule has 0 aliphatic carbocycles. The summed E-state index contributed by atoms with van der Waals surface area (Å²) in [5.41, 5.74) is 0. The van der Waals surface area contributed by atoms with E-state index in [0.29, 0.717) is 0 Å². The van der Waals surface area contributed by atoms with E-state index in [2.05, 4.69) is 19.2 Å². The maximum Gasteiger partial charge on any atom is 0.222 e. The highest BCUT2D eigenvalue weighted by molar-refractivity contribution is 5.78. The lowest BCUT2D eigenvalue weighted by atomic mass is 10.1. The average Bonchev–Trinajstić information content (AvgIpc) is 2.00. The van der Waals surface area contributed by atoms with Crippen LogP contribution in [0.3, 0.4) is 0 Å². The molecule has 0 rings (SSSR count). The molecule has 0 aliphatic rings. The van der Waals surface area contributed by atoms with Crippen molar-refractivity contribution in [3.8, 4) is 0 Å². The molecule has 2 nitrogen and oxygen atoms in total. The predicted octanol–water partition coefficient (Wildman–Crippen LogP) is 1.95. The largest absolute Gasteiger partial charge is 0.356 e. The van der Waals surface area contributed by atoms with Crippen molar-refractivity contribution in [1.29, 1.82) is 0 Å². The van der Waals surface area contributed by atoms with Gasteiger partial charge in [-0.05, 0) is 12.8 Å². The van der Waals surface area contributed by atoms with Crippen LogP contribution in [0.2, 0.25) is 0 Å². The second-order valence-corrected chi connectivity index (χ2v) is 2.98. The number of amides is 1. The summed E-state index contributed by atoms with van der Waals surface area (Å²) < 4.78 is 0. The van der Waals surface area contributed by atoms with Gasteiger partial charge >= 0.3 is 0 Å². The van der Waals surface area contributed by atoms with Crippen LogP contribution in [0.1, 0.15) is 40.0 Å². The van der Waals surface area contributed by atoms with Gasteiger partial charge in [0.25, 0.3) is 0 Å². The van der Waals surface area contributed by atoms with Crippen LogP contribution in [0.25, 0.3) is 0 Å². The summed E-state index contributed by atoms with van der Waals surface area (Å²) >= 11 is 0. The van der Waals surface area contributed by atoms with Crippen LogP contribution in [0.5, 0.6) is 0 Å². The molecule has 2 heteroatoms. The number of nitrogens with one attached hydrogen (secondary N) is 1. The highest BCUT2D eigenvalue weighted by Crippen LogP contribution is 2.03. The molecule has 0 saturated carbocycles. The van der Waals surface area contributed by atoms with E-state index in [4.69, 9.17) is 0 Å². The highest BCUT2D eigenvalue weighted by Gasteiger charge is 2.09. The number of hydrogen-bond donors (Lipinski definition) is 1. The Kier molecular flexibility index (Phi) is 5.90. The smallest absolute Gasteiger partial charge is 0.222 e. The zero-order chi connectivity index (χ0) is 8.69. The van der Waals surface area contributed by atoms with Crippen molar-refractivity contribution < 1.29 is 4.79 Å². The van der Waals surface area contributed by atoms with Gasteiger partial charge < -0.3 is 5.32 Å². The van der Waals surface area contributed by atoms with Gasteiger partial charge in [0.15, 0.2) is 0 Å². The summed E-state index contributed by atoms with van der Waals surface area (Å²) in [5, 5.41) is 2.88. The zero-order valence-corrected chi connectivity index (χ0v) is 7.81. The standard InChI is InChI=1S/C9H19NO/c1-4-6-8(3)9(11)10-7-5-2/h8H,4-7H2,1-3H3,(H,10,11)/t8-/m0/s1. The van der Waals surface area contributed by atoms with Gasteiger partial charge in [0.05, 0.1) is 0 Å². The summed E-state index contributed by atoms with van der Waals surface area (Å²) in [6.07, 6.45) is 3.10. The highest BCUT2D eigenvalue weighted by atomic mass is 16.1. The van der Waals surface area contributed by atoms with E-state index in [0.717, 1.165) is 25.8 Å². The summed E-state index contributed by atoms with van der Waals surface area (Å²) in [6.45, 7) is 6.95. The minimum atomic E-state index is 0.187. The van der Waals surface area contributed by atoms with Crippen LogP contribution >= 0.6 is 0 Å². The van der Waals surface area contributed by atoms with E-state index in [1.54, 1.807) is 0 Å². The molecule has 11 heavy (non-hydrogen) atoms. The Morgan fingerprint density at radius 2 is 2.00 bits per heavy atom. The molecule has 1 N–H and O–H groups in total. The lowest BCUT2D eigenvalue weighted by Gasteiger charge is -2.09. The van der Waals surface area contributed by atoms with Crippen LogP contribution in [0.4, 0.5) is 0 Å². The Morgan fingerprint density at radius 1 is 1.36 bits per heavy atom. The quantitative estimate of drug-likeness (QED) is 0.649. The predicted molar refractivity (Wildman–Crippen MR) is 47.4 cm³/mol. The number of carbonyl (C=O) groups is 1. The lowest BCUT2D eigenvalue weighted by molar-refractivity contribution is -0.124. The van der Waals surface area contributed by atoms with Gasteiger partial charge in [-0.25, -0.2) is 0 Å². The van der Waals surface area contributed by atoms with Crippen LogP contribution < -0.4 is 5.32 Å². The fourth-order valence-corrected chi connectivity index (χ4v) is 0.987. The van der Waals surface area contributed by atoms with Crippen molar-refractivity contribution in [1.82, 2.24) is 5.32 Å². The number of rotatable bonds is 5. The summed E-state index contributed by atoms with van der Waals surface area (Å²) in [4.78, 5) is 11.2. The maximum atomic E-state index is 11.2. The van der Waals surface area contributed by atoms with E-state index in [9.17, 15) is 4.79 Å². The number of hydrogen-bond acceptors (Lipinski definition) is 1. The normalized spacial score (nSPS) is 12.6. The van der Waals surface area contributed by atoms with Gasteiger partial charge in [-0.3, -0.25) is 4.79 Å². The first kappa shape index (κ1) is 10.5. The summed E-state index contributed by atoms with van der Waals surface area (Å²) in [7, 11) is 0. The topological polar surface area (TPSA) is 29.1 Å². The Balaban J connectivity index is 3.47. The van der Waals surface area contributed by atoms with Crippen molar-refractivity contribution in [2.75, 3.05) is 6.54 Å². The molecule has 66 valence electrons. The minimum Gasteiger partial charge on any atom is -0.356 e. The van der Waals surface area contributed by atoms with Gasteiger partial charge in [-0.2, -0.15) is 0 Å². The molecule has 0 aromatic heterocycles. The average molecular weight is 157 g/mol. The van der Waals surface area contributed by atoms with E-state index in [1.807, 2.05) is 6.92 Å². The van der Waals surface area contributed by atoms with Gasteiger partial charge in [0.2, 0.25) is 5.91 Å². The number of carbonyl (C=O) groups excluding carboxylic acids is 1. The molecule has 0 aliphatic heterocycles. The molecule has 0 heterocycles. The van der Waals surface area contributed by atoms with E-state index in [-0.39, 0.29) is 11.8 Å². The first-order valence-electron chi connectivity index (χ1n) is 4.50. The SMILES string of the molecule is CCCNC(=O)[C@@H](C)CCC. The minimum absolute atomic E-state index is 0.187. The van der Waals surface area contributed by atoms with Crippen molar-refractivity contribution >= 4 is 5.91 Å². The Morgan fingerprint density at radius 3 is 2.45 bits per heavy atom. The zero-order valence-electron chi connectivity index (χ0n) is 7.81. The van der Waals surface area contributed by atoms with Crippen molar-refractivity contribution in [3.05, 3.63) is 0 Å². The van der Waals surface area contributed by atoms with Crippen LogP contribution in [0.15, 0.2) is 0 Å². The van der Waals surface area contributed by atoms with Crippen LogP contribution in [0, 0.1) is 5.92 Å². The molecule has 1 amide bonds. The first-order valence-corrected chi connectivity index (χ1v) is 4.50. The van der Waals surface area contributed by atoms with Gasteiger partial charge in [0.1, 0.15) is 0 Å². The van der Waals surface area contributed by atoms with E-state index in [1.165, 1.54) is 0 Å². The molecule has 0 radical (unpaired) electrons. The molecule has 0 fully saturated rings. The van der Waals surface area contributed by atoms with Crippen molar-refractivity contribution in [2.24, 2.45) is 5.92 Å². The summed E-state index contributed by atoms with van der Waals surface area (Å²) in [5.74, 6) is 0.389. The molecule has 0 unspecified atom stereocenters. The van der Waals surface area contributed by atoms with Crippen molar-refractivity contribution in [2.45, 2.75) is 40.0 Å². The fourth-order valence-electron chi connectivity index (χ4n) is 0.987. The van der Waals surface area contributed by atoms with Crippen molar-refractivity contribution in [3.63, 3.8) is 0 Å². The van der Waals surface area contributed by atoms with Crippen LogP contribution in [-0.2, 0) is 4.79 Å². The molecule has 0 aromatic carbocycles. The molecule has 1 atom stereocenters. The van der Waals surface area contributed by atoms with Gasteiger partial charge in [-0.15, -0.1) is 0 Å². The molecule has 0 aromatic rings.